The summed E-state index contributed by atoms with van der Waals surface area (Å²) in [5, 5.41) is 1.16. The number of alkyl halides is 1. The fraction of sp³-hybridized carbons (Fsp3) is 1.00. The highest BCUT2D eigenvalue weighted by Crippen LogP contribution is 2.14. The maximum atomic E-state index is 3.49. The van der Waals surface area contributed by atoms with Crippen molar-refractivity contribution in [3.63, 3.8) is 0 Å². The minimum absolute atomic E-state index is 0.901. The fourth-order valence-electron chi connectivity index (χ4n) is 1.17. The number of hydrogen-bond acceptors (Lipinski definition) is 1. The summed E-state index contributed by atoms with van der Waals surface area (Å²) in [4.78, 5) is 0. The third-order valence-electron chi connectivity index (χ3n) is 2.25. The van der Waals surface area contributed by atoms with Crippen LogP contribution in [0.5, 0.6) is 0 Å². The van der Waals surface area contributed by atoms with Gasteiger partial charge in [0.05, 0.1) is 0 Å². The van der Waals surface area contributed by atoms with Gasteiger partial charge in [-0.15, -0.1) is 0 Å². The Hall–Kier alpha value is 0.830. The van der Waals surface area contributed by atoms with Crippen LogP contribution < -0.4 is 0 Å². The van der Waals surface area contributed by atoms with Crippen LogP contribution >= 0.6 is 27.7 Å². The molecular weight excluding hydrogens is 244 g/mol. The van der Waals surface area contributed by atoms with Crippen LogP contribution in [-0.2, 0) is 0 Å². The van der Waals surface area contributed by atoms with E-state index in [1.54, 1.807) is 0 Å². The molecule has 0 bridgehead atoms. The summed E-state index contributed by atoms with van der Waals surface area (Å²) in [5.74, 6) is 3.63. The molecule has 1 unspecified atom stereocenters. The van der Waals surface area contributed by atoms with E-state index in [4.69, 9.17) is 0 Å². The van der Waals surface area contributed by atoms with Gasteiger partial charge in [-0.1, -0.05) is 42.6 Å². The normalized spacial score (nSPS) is 13.2. The van der Waals surface area contributed by atoms with Gasteiger partial charge in [-0.05, 0) is 36.7 Å². The lowest BCUT2D eigenvalue weighted by molar-refractivity contribution is 0.555. The third-order valence-corrected chi connectivity index (χ3v) is 3.81. The summed E-state index contributed by atoms with van der Waals surface area (Å²) in [7, 11) is 0. The lowest BCUT2D eigenvalue weighted by atomic mass is 10.1. The number of rotatable bonds is 9. The zero-order valence-corrected chi connectivity index (χ0v) is 11.4. The predicted molar refractivity (Wildman–Crippen MR) is 69.0 cm³/mol. The SMILES string of the molecule is CCCCCSCCC(C)CCBr. The molecule has 0 N–H and O–H groups in total. The summed E-state index contributed by atoms with van der Waals surface area (Å²) < 4.78 is 0. The maximum Gasteiger partial charge on any atom is 0.00338 e. The van der Waals surface area contributed by atoms with Gasteiger partial charge in [0.15, 0.2) is 0 Å². The van der Waals surface area contributed by atoms with Gasteiger partial charge in [0.1, 0.15) is 0 Å². The van der Waals surface area contributed by atoms with Crippen molar-refractivity contribution in [1.29, 1.82) is 0 Å². The molecule has 0 saturated heterocycles. The maximum absolute atomic E-state index is 3.49. The molecule has 0 aromatic rings. The summed E-state index contributed by atoms with van der Waals surface area (Å²) in [6, 6.07) is 0. The Morgan fingerprint density at radius 3 is 2.54 bits per heavy atom. The second-order valence-electron chi connectivity index (χ2n) is 3.69. The molecule has 0 aliphatic rings. The Bertz CT molecular complexity index is 96.1. The van der Waals surface area contributed by atoms with E-state index in [1.807, 2.05) is 0 Å². The van der Waals surface area contributed by atoms with Crippen LogP contribution in [0.15, 0.2) is 0 Å². The van der Waals surface area contributed by atoms with E-state index in [1.165, 1.54) is 43.6 Å². The highest BCUT2D eigenvalue weighted by Gasteiger charge is 2.00. The van der Waals surface area contributed by atoms with Gasteiger partial charge in [0.25, 0.3) is 0 Å². The summed E-state index contributed by atoms with van der Waals surface area (Å²) >= 11 is 5.62. The van der Waals surface area contributed by atoms with E-state index in [-0.39, 0.29) is 0 Å². The molecule has 0 saturated carbocycles. The van der Waals surface area contributed by atoms with Crippen LogP contribution in [0.3, 0.4) is 0 Å². The van der Waals surface area contributed by atoms with E-state index in [2.05, 4.69) is 41.5 Å². The van der Waals surface area contributed by atoms with Crippen molar-refractivity contribution < 1.29 is 0 Å². The molecule has 0 heterocycles. The monoisotopic (exact) mass is 266 g/mol. The van der Waals surface area contributed by atoms with Crippen molar-refractivity contribution in [2.45, 2.75) is 46.0 Å². The molecule has 0 fully saturated rings. The Morgan fingerprint density at radius 1 is 1.15 bits per heavy atom. The molecule has 0 spiro atoms. The molecule has 0 rings (SSSR count). The molecule has 13 heavy (non-hydrogen) atoms. The third kappa shape index (κ3) is 10.8. The zero-order valence-electron chi connectivity index (χ0n) is 9.02. The van der Waals surface area contributed by atoms with E-state index in [0.29, 0.717) is 0 Å². The molecular formula is C11H23BrS. The average Bonchev–Trinajstić information content (AvgIpc) is 2.11. The Balaban J connectivity index is 2.97. The molecule has 2 heteroatoms. The van der Waals surface area contributed by atoms with Gasteiger partial charge in [0.2, 0.25) is 0 Å². The number of unbranched alkanes of at least 4 members (excludes halogenated alkanes) is 2. The molecule has 0 amide bonds. The van der Waals surface area contributed by atoms with E-state index >= 15 is 0 Å². The Morgan fingerprint density at radius 2 is 1.92 bits per heavy atom. The van der Waals surface area contributed by atoms with Gasteiger partial charge < -0.3 is 0 Å². The minimum atomic E-state index is 0.901. The van der Waals surface area contributed by atoms with E-state index < -0.39 is 0 Å². The highest BCUT2D eigenvalue weighted by atomic mass is 79.9. The topological polar surface area (TPSA) is 0 Å². The standard InChI is InChI=1S/C11H23BrS/c1-3-4-5-9-13-10-7-11(2)6-8-12/h11H,3-10H2,1-2H3. The smallest absolute Gasteiger partial charge is 0.00338 e. The van der Waals surface area contributed by atoms with Gasteiger partial charge in [-0.2, -0.15) is 11.8 Å². The molecule has 0 aromatic carbocycles. The first-order valence-corrected chi connectivity index (χ1v) is 7.72. The largest absolute Gasteiger partial charge is 0.162 e. The van der Waals surface area contributed by atoms with Gasteiger partial charge >= 0.3 is 0 Å². The van der Waals surface area contributed by atoms with Crippen LogP contribution in [0, 0.1) is 5.92 Å². The second kappa shape index (κ2) is 10.9. The molecule has 1 atom stereocenters. The first-order valence-electron chi connectivity index (χ1n) is 5.45. The lowest BCUT2D eigenvalue weighted by Gasteiger charge is -2.08. The van der Waals surface area contributed by atoms with Crippen LogP contribution in [0.2, 0.25) is 0 Å². The van der Waals surface area contributed by atoms with Crippen LogP contribution in [-0.4, -0.2) is 16.8 Å². The van der Waals surface area contributed by atoms with Crippen molar-refractivity contribution in [1.82, 2.24) is 0 Å². The minimum Gasteiger partial charge on any atom is -0.162 e. The second-order valence-corrected chi connectivity index (χ2v) is 5.71. The van der Waals surface area contributed by atoms with E-state index in [9.17, 15) is 0 Å². The van der Waals surface area contributed by atoms with Gasteiger partial charge in [-0.3, -0.25) is 0 Å². The molecule has 0 aromatic heterocycles. The molecule has 0 aliphatic heterocycles. The van der Waals surface area contributed by atoms with Crippen molar-refractivity contribution in [2.24, 2.45) is 5.92 Å². The average molecular weight is 267 g/mol. The molecule has 0 radical (unpaired) electrons. The first kappa shape index (κ1) is 13.8. The van der Waals surface area contributed by atoms with Crippen molar-refractivity contribution in [2.75, 3.05) is 16.8 Å². The van der Waals surface area contributed by atoms with Crippen LogP contribution in [0.1, 0.15) is 46.0 Å². The van der Waals surface area contributed by atoms with Crippen LogP contribution in [0.25, 0.3) is 0 Å². The number of thioether (sulfide) groups is 1. The number of halogens is 1. The summed E-state index contributed by atoms with van der Waals surface area (Å²) in [6.07, 6.45) is 6.89. The quantitative estimate of drug-likeness (QED) is 0.430. The molecule has 0 nitrogen and oxygen atoms in total. The van der Waals surface area contributed by atoms with Gasteiger partial charge in [0, 0.05) is 5.33 Å². The molecule has 0 aliphatic carbocycles. The first-order chi connectivity index (χ1) is 6.31. The summed E-state index contributed by atoms with van der Waals surface area (Å²) in [5.41, 5.74) is 0. The van der Waals surface area contributed by atoms with Crippen molar-refractivity contribution in [3.05, 3.63) is 0 Å². The Kier molecular flexibility index (Phi) is 11.6. The Labute approximate surface area is 96.4 Å². The van der Waals surface area contributed by atoms with Crippen molar-refractivity contribution in [3.8, 4) is 0 Å². The predicted octanol–water partition coefficient (Wildman–Crippen LogP) is 4.72. The number of hydrogen-bond donors (Lipinski definition) is 0. The zero-order chi connectivity index (χ0) is 9.94. The lowest BCUT2D eigenvalue weighted by Crippen LogP contribution is -1.97. The van der Waals surface area contributed by atoms with Crippen molar-refractivity contribution >= 4 is 27.7 Å². The van der Waals surface area contributed by atoms with Crippen LogP contribution in [0.4, 0.5) is 0 Å². The van der Waals surface area contributed by atoms with E-state index in [0.717, 1.165) is 11.2 Å². The fourth-order valence-corrected chi connectivity index (χ4v) is 3.13. The van der Waals surface area contributed by atoms with Gasteiger partial charge in [-0.25, -0.2) is 0 Å². The highest BCUT2D eigenvalue weighted by molar-refractivity contribution is 9.09. The molecule has 80 valence electrons. The summed E-state index contributed by atoms with van der Waals surface area (Å²) in [6.45, 7) is 4.62.